The number of amides is 3. The SMILES string of the molecule is COCC(=O)N[C@@H]1CN(C(=O)NCc2ccccc2)CC[C@@H]1c1nc(C)no1. The van der Waals surface area contributed by atoms with Crippen LogP contribution in [-0.2, 0) is 16.1 Å². The molecule has 0 unspecified atom stereocenters. The number of likely N-dealkylation sites (tertiary alicyclic amines) is 1. The molecule has 2 atom stereocenters. The predicted molar refractivity (Wildman–Crippen MR) is 100 cm³/mol. The van der Waals surface area contributed by atoms with Crippen LogP contribution in [0.4, 0.5) is 4.79 Å². The third kappa shape index (κ3) is 5.07. The first-order chi connectivity index (χ1) is 13.6. The number of urea groups is 1. The minimum absolute atomic E-state index is 0.0493. The first kappa shape index (κ1) is 19.8. The molecule has 0 spiro atoms. The molecule has 9 nitrogen and oxygen atoms in total. The molecule has 9 heteroatoms. The molecular weight excluding hydrogens is 362 g/mol. The van der Waals surface area contributed by atoms with Crippen LogP contribution in [-0.4, -0.2) is 59.8 Å². The van der Waals surface area contributed by atoms with Crippen molar-refractivity contribution in [1.29, 1.82) is 0 Å². The predicted octanol–water partition coefficient (Wildman–Crippen LogP) is 1.21. The lowest BCUT2D eigenvalue weighted by Crippen LogP contribution is -2.55. The molecule has 3 rings (SSSR count). The lowest BCUT2D eigenvalue weighted by Gasteiger charge is -2.37. The molecule has 0 bridgehead atoms. The molecule has 2 aromatic rings. The maximum atomic E-state index is 12.6. The summed E-state index contributed by atoms with van der Waals surface area (Å²) in [5, 5.41) is 9.69. The van der Waals surface area contributed by atoms with Crippen molar-refractivity contribution in [3.63, 3.8) is 0 Å². The fourth-order valence-corrected chi connectivity index (χ4v) is 3.31. The number of ether oxygens (including phenoxy) is 1. The van der Waals surface area contributed by atoms with E-state index in [9.17, 15) is 9.59 Å². The van der Waals surface area contributed by atoms with Crippen molar-refractivity contribution in [3.8, 4) is 0 Å². The lowest BCUT2D eigenvalue weighted by atomic mass is 9.91. The third-order valence-electron chi connectivity index (χ3n) is 4.67. The van der Waals surface area contributed by atoms with Gasteiger partial charge in [0.25, 0.3) is 0 Å². The standard InChI is InChI=1S/C19H25N5O4/c1-13-21-18(28-23-13)15-8-9-24(11-16(15)22-17(25)12-27-2)19(26)20-10-14-6-4-3-5-7-14/h3-7,15-16H,8-12H2,1-2H3,(H,20,26)(H,22,25)/t15-,16+/m0/s1. The Morgan fingerprint density at radius 2 is 2.11 bits per heavy atom. The number of rotatable bonds is 6. The molecule has 0 aliphatic carbocycles. The molecule has 1 aromatic heterocycles. The monoisotopic (exact) mass is 387 g/mol. The largest absolute Gasteiger partial charge is 0.375 e. The van der Waals surface area contributed by atoms with Crippen LogP contribution < -0.4 is 10.6 Å². The van der Waals surface area contributed by atoms with Crippen molar-refractivity contribution in [1.82, 2.24) is 25.7 Å². The summed E-state index contributed by atoms with van der Waals surface area (Å²) in [4.78, 5) is 30.7. The van der Waals surface area contributed by atoms with Crippen molar-refractivity contribution in [2.24, 2.45) is 0 Å². The van der Waals surface area contributed by atoms with Gasteiger partial charge in [-0.05, 0) is 18.9 Å². The number of methoxy groups -OCH3 is 1. The van der Waals surface area contributed by atoms with Crippen LogP contribution in [0.25, 0.3) is 0 Å². The number of aromatic nitrogens is 2. The van der Waals surface area contributed by atoms with Crippen LogP contribution in [0.2, 0.25) is 0 Å². The molecule has 2 N–H and O–H groups in total. The number of hydrogen-bond acceptors (Lipinski definition) is 6. The summed E-state index contributed by atoms with van der Waals surface area (Å²) in [7, 11) is 1.46. The first-order valence-corrected chi connectivity index (χ1v) is 9.22. The van der Waals surface area contributed by atoms with Gasteiger partial charge in [0.05, 0.1) is 12.0 Å². The summed E-state index contributed by atoms with van der Waals surface area (Å²) >= 11 is 0. The van der Waals surface area contributed by atoms with Gasteiger partial charge in [-0.25, -0.2) is 4.79 Å². The van der Waals surface area contributed by atoms with E-state index in [1.165, 1.54) is 7.11 Å². The summed E-state index contributed by atoms with van der Waals surface area (Å²) in [5.41, 5.74) is 1.03. The van der Waals surface area contributed by atoms with Crippen LogP contribution in [0.15, 0.2) is 34.9 Å². The highest BCUT2D eigenvalue weighted by molar-refractivity contribution is 5.78. The highest BCUT2D eigenvalue weighted by atomic mass is 16.5. The fraction of sp³-hybridized carbons (Fsp3) is 0.474. The van der Waals surface area contributed by atoms with E-state index in [4.69, 9.17) is 9.26 Å². The van der Waals surface area contributed by atoms with Crippen LogP contribution in [0.1, 0.15) is 29.6 Å². The minimum Gasteiger partial charge on any atom is -0.375 e. The Balaban J connectivity index is 1.65. The molecule has 150 valence electrons. The van der Waals surface area contributed by atoms with Crippen molar-refractivity contribution in [2.45, 2.75) is 31.8 Å². The Labute approximate surface area is 163 Å². The number of nitrogens with zero attached hydrogens (tertiary/aromatic N) is 3. The number of carbonyl (C=O) groups excluding carboxylic acids is 2. The molecule has 3 amide bonds. The van der Waals surface area contributed by atoms with Crippen LogP contribution in [0, 0.1) is 6.92 Å². The Morgan fingerprint density at radius 1 is 1.32 bits per heavy atom. The van der Waals surface area contributed by atoms with Crippen molar-refractivity contribution >= 4 is 11.9 Å². The molecule has 1 fully saturated rings. The van der Waals surface area contributed by atoms with Gasteiger partial charge in [0.2, 0.25) is 11.8 Å². The minimum atomic E-state index is -0.335. The van der Waals surface area contributed by atoms with Crippen LogP contribution in [0.5, 0.6) is 0 Å². The van der Waals surface area contributed by atoms with Gasteiger partial charge in [-0.3, -0.25) is 4.79 Å². The normalized spacial score (nSPS) is 19.3. The average Bonchev–Trinajstić information content (AvgIpc) is 3.13. The van der Waals surface area contributed by atoms with Gasteiger partial charge in [0, 0.05) is 26.7 Å². The van der Waals surface area contributed by atoms with Gasteiger partial charge in [-0.2, -0.15) is 4.98 Å². The quantitative estimate of drug-likeness (QED) is 0.771. The zero-order chi connectivity index (χ0) is 19.9. The maximum Gasteiger partial charge on any atom is 0.317 e. The zero-order valence-electron chi connectivity index (χ0n) is 16.1. The average molecular weight is 387 g/mol. The molecule has 28 heavy (non-hydrogen) atoms. The molecular formula is C19H25N5O4. The second-order valence-electron chi connectivity index (χ2n) is 6.77. The third-order valence-corrected chi connectivity index (χ3v) is 4.67. The Morgan fingerprint density at radius 3 is 2.79 bits per heavy atom. The molecule has 1 aliphatic heterocycles. The van der Waals surface area contributed by atoms with E-state index in [1.807, 2.05) is 30.3 Å². The summed E-state index contributed by atoms with van der Waals surface area (Å²) in [6.45, 7) is 3.03. The number of carbonyl (C=O) groups is 2. The smallest absolute Gasteiger partial charge is 0.317 e. The van der Waals surface area contributed by atoms with Crippen molar-refractivity contribution in [2.75, 3.05) is 26.8 Å². The molecule has 0 saturated carbocycles. The summed E-state index contributed by atoms with van der Waals surface area (Å²) in [6, 6.07) is 9.20. The van der Waals surface area contributed by atoms with E-state index in [2.05, 4.69) is 20.8 Å². The van der Waals surface area contributed by atoms with E-state index < -0.39 is 0 Å². The van der Waals surface area contributed by atoms with E-state index in [0.29, 0.717) is 37.8 Å². The van der Waals surface area contributed by atoms with Crippen molar-refractivity contribution in [3.05, 3.63) is 47.6 Å². The van der Waals surface area contributed by atoms with E-state index in [-0.39, 0.29) is 30.5 Å². The van der Waals surface area contributed by atoms with Crippen LogP contribution in [0.3, 0.4) is 0 Å². The zero-order valence-corrected chi connectivity index (χ0v) is 16.1. The lowest BCUT2D eigenvalue weighted by molar-refractivity contribution is -0.126. The van der Waals surface area contributed by atoms with Gasteiger partial charge in [0.1, 0.15) is 6.61 Å². The van der Waals surface area contributed by atoms with E-state index >= 15 is 0 Å². The number of nitrogens with one attached hydrogen (secondary N) is 2. The topological polar surface area (TPSA) is 110 Å². The van der Waals surface area contributed by atoms with Gasteiger partial charge in [-0.15, -0.1) is 0 Å². The Hall–Kier alpha value is -2.94. The molecule has 2 heterocycles. The first-order valence-electron chi connectivity index (χ1n) is 9.22. The van der Waals surface area contributed by atoms with Gasteiger partial charge in [0.15, 0.2) is 5.82 Å². The summed E-state index contributed by atoms with van der Waals surface area (Å²) in [5.74, 6) is 0.616. The Bertz CT molecular complexity index is 795. The second-order valence-corrected chi connectivity index (χ2v) is 6.77. The van der Waals surface area contributed by atoms with E-state index in [0.717, 1.165) is 5.56 Å². The van der Waals surface area contributed by atoms with Gasteiger partial charge < -0.3 is 24.8 Å². The number of benzene rings is 1. The van der Waals surface area contributed by atoms with E-state index in [1.54, 1.807) is 11.8 Å². The van der Waals surface area contributed by atoms with Crippen LogP contribution >= 0.6 is 0 Å². The molecule has 1 saturated heterocycles. The molecule has 0 radical (unpaired) electrons. The number of piperidine rings is 1. The van der Waals surface area contributed by atoms with Crippen molar-refractivity contribution < 1.29 is 18.8 Å². The highest BCUT2D eigenvalue weighted by Gasteiger charge is 2.36. The summed E-state index contributed by atoms with van der Waals surface area (Å²) in [6.07, 6.45) is 0.609. The second kappa shape index (κ2) is 9.32. The fourth-order valence-electron chi connectivity index (χ4n) is 3.31. The molecule has 1 aromatic carbocycles. The Kier molecular flexibility index (Phi) is 6.59. The number of aryl methyl sites for hydroxylation is 1. The van der Waals surface area contributed by atoms with Gasteiger partial charge in [-0.1, -0.05) is 35.5 Å². The van der Waals surface area contributed by atoms with Gasteiger partial charge >= 0.3 is 6.03 Å². The molecule has 1 aliphatic rings. The number of hydrogen-bond donors (Lipinski definition) is 2. The highest BCUT2D eigenvalue weighted by Crippen LogP contribution is 2.27. The summed E-state index contributed by atoms with van der Waals surface area (Å²) < 4.78 is 10.2. The maximum absolute atomic E-state index is 12.6.